The molecule has 0 aliphatic rings. The van der Waals surface area contributed by atoms with Crippen LogP contribution in [0.5, 0.6) is 0 Å². The molecule has 0 bridgehead atoms. The average Bonchev–Trinajstić information content (AvgIpc) is 2.35. The second-order valence-corrected chi connectivity index (χ2v) is 7.57. The van der Waals surface area contributed by atoms with Crippen LogP contribution in [0.15, 0.2) is 30.3 Å². The summed E-state index contributed by atoms with van der Waals surface area (Å²) >= 11 is 0. The molecule has 2 unspecified atom stereocenters. The molecule has 0 heterocycles. The molecule has 5 heteroatoms. The first-order chi connectivity index (χ1) is 8.79. The highest BCUT2D eigenvalue weighted by Gasteiger charge is 2.17. The quantitative estimate of drug-likeness (QED) is 0.820. The van der Waals surface area contributed by atoms with E-state index in [1.165, 1.54) is 6.26 Å². The second kappa shape index (κ2) is 7.03. The molecule has 1 aromatic carbocycles. The van der Waals surface area contributed by atoms with Gasteiger partial charge in [-0.25, -0.2) is 8.42 Å². The number of nitrogens with zero attached hydrogens (tertiary/aromatic N) is 1. The first kappa shape index (κ1) is 16.1. The highest BCUT2D eigenvalue weighted by atomic mass is 32.2. The van der Waals surface area contributed by atoms with Crippen molar-refractivity contribution >= 4 is 9.84 Å². The minimum absolute atomic E-state index is 0.0260. The summed E-state index contributed by atoms with van der Waals surface area (Å²) in [5.41, 5.74) is 7.34. The third-order valence-corrected chi connectivity index (χ3v) is 4.17. The van der Waals surface area contributed by atoms with Gasteiger partial charge in [-0.3, -0.25) is 0 Å². The second-order valence-electron chi connectivity index (χ2n) is 5.31. The number of nitrogens with two attached hydrogens (primary N) is 1. The molecule has 19 heavy (non-hydrogen) atoms. The molecular weight excluding hydrogens is 260 g/mol. The summed E-state index contributed by atoms with van der Waals surface area (Å²) in [5, 5.41) is 0. The van der Waals surface area contributed by atoms with Crippen molar-refractivity contribution in [1.29, 1.82) is 0 Å². The van der Waals surface area contributed by atoms with Crippen LogP contribution in [0.25, 0.3) is 0 Å². The first-order valence-electron chi connectivity index (χ1n) is 6.46. The summed E-state index contributed by atoms with van der Waals surface area (Å²) in [7, 11) is -0.970. The van der Waals surface area contributed by atoms with E-state index in [-0.39, 0.29) is 17.7 Å². The van der Waals surface area contributed by atoms with Gasteiger partial charge in [0.1, 0.15) is 9.84 Å². The smallest absolute Gasteiger partial charge is 0.148 e. The van der Waals surface area contributed by atoms with Crippen molar-refractivity contribution in [3.05, 3.63) is 35.9 Å². The molecule has 4 nitrogen and oxygen atoms in total. The van der Waals surface area contributed by atoms with E-state index in [9.17, 15) is 8.42 Å². The standard InChI is InChI=1S/C14H24N2O2S/c1-12(11-16(2)9-10-19(3,17)18)14(15)13-7-5-4-6-8-13/h4-8,12,14H,9-11,15H2,1-3H3. The van der Waals surface area contributed by atoms with Crippen LogP contribution in [0.3, 0.4) is 0 Å². The largest absolute Gasteiger partial charge is 0.324 e. The van der Waals surface area contributed by atoms with Gasteiger partial charge in [0.25, 0.3) is 0 Å². The number of rotatable bonds is 7. The molecule has 0 spiro atoms. The van der Waals surface area contributed by atoms with E-state index in [1.807, 2.05) is 42.3 Å². The molecule has 0 radical (unpaired) electrons. The van der Waals surface area contributed by atoms with Crippen molar-refractivity contribution in [2.45, 2.75) is 13.0 Å². The molecule has 0 saturated heterocycles. The maximum absolute atomic E-state index is 11.1. The van der Waals surface area contributed by atoms with E-state index in [1.54, 1.807) is 0 Å². The van der Waals surface area contributed by atoms with Gasteiger partial charge in [-0.05, 0) is 18.5 Å². The molecule has 0 aliphatic heterocycles. The Morgan fingerprint density at radius 1 is 1.26 bits per heavy atom. The van der Waals surface area contributed by atoms with Gasteiger partial charge in [-0.2, -0.15) is 0 Å². The normalized spacial score (nSPS) is 15.4. The van der Waals surface area contributed by atoms with Gasteiger partial charge in [0, 0.05) is 25.4 Å². The van der Waals surface area contributed by atoms with Crippen molar-refractivity contribution in [2.75, 3.05) is 32.1 Å². The predicted octanol–water partition coefficient (Wildman–Crippen LogP) is 1.30. The van der Waals surface area contributed by atoms with Crippen LogP contribution in [0.4, 0.5) is 0 Å². The Kier molecular flexibility index (Phi) is 5.97. The molecular formula is C14H24N2O2S. The lowest BCUT2D eigenvalue weighted by molar-refractivity contribution is 0.276. The van der Waals surface area contributed by atoms with Crippen LogP contribution in [0, 0.1) is 5.92 Å². The van der Waals surface area contributed by atoms with Crippen LogP contribution < -0.4 is 5.73 Å². The Bertz CT molecular complexity index is 473. The zero-order chi connectivity index (χ0) is 14.5. The Morgan fingerprint density at radius 3 is 2.37 bits per heavy atom. The van der Waals surface area contributed by atoms with Crippen LogP contribution in [0.2, 0.25) is 0 Å². The summed E-state index contributed by atoms with van der Waals surface area (Å²) in [4.78, 5) is 2.02. The monoisotopic (exact) mass is 284 g/mol. The van der Waals surface area contributed by atoms with E-state index in [4.69, 9.17) is 5.73 Å². The minimum atomic E-state index is -2.90. The van der Waals surface area contributed by atoms with E-state index in [2.05, 4.69) is 6.92 Å². The molecule has 0 amide bonds. The highest BCUT2D eigenvalue weighted by Crippen LogP contribution is 2.19. The number of hydrogen-bond acceptors (Lipinski definition) is 4. The fourth-order valence-electron chi connectivity index (χ4n) is 2.02. The molecule has 1 rings (SSSR count). The first-order valence-corrected chi connectivity index (χ1v) is 8.52. The van der Waals surface area contributed by atoms with Crippen molar-refractivity contribution in [2.24, 2.45) is 11.7 Å². The van der Waals surface area contributed by atoms with Gasteiger partial charge in [-0.15, -0.1) is 0 Å². The average molecular weight is 284 g/mol. The van der Waals surface area contributed by atoms with Gasteiger partial charge in [0.05, 0.1) is 5.75 Å². The Morgan fingerprint density at radius 2 is 1.84 bits per heavy atom. The van der Waals surface area contributed by atoms with Crippen LogP contribution in [-0.2, 0) is 9.84 Å². The Hall–Kier alpha value is -0.910. The van der Waals surface area contributed by atoms with Crippen LogP contribution in [0.1, 0.15) is 18.5 Å². The Labute approximate surface area is 116 Å². The lowest BCUT2D eigenvalue weighted by Gasteiger charge is -2.25. The number of sulfone groups is 1. The lowest BCUT2D eigenvalue weighted by Crippen LogP contribution is -2.33. The molecule has 0 aliphatic carbocycles. The maximum Gasteiger partial charge on any atom is 0.148 e. The van der Waals surface area contributed by atoms with E-state index >= 15 is 0 Å². The third-order valence-electron chi connectivity index (χ3n) is 3.24. The molecule has 2 N–H and O–H groups in total. The Balaban J connectivity index is 2.48. The fourth-order valence-corrected chi connectivity index (χ4v) is 2.67. The van der Waals surface area contributed by atoms with E-state index in [0.29, 0.717) is 6.54 Å². The zero-order valence-corrected chi connectivity index (χ0v) is 12.7. The summed E-state index contributed by atoms with van der Waals surface area (Å²) in [5.74, 6) is 0.462. The predicted molar refractivity (Wildman–Crippen MR) is 79.7 cm³/mol. The molecule has 0 saturated carbocycles. The van der Waals surface area contributed by atoms with Gasteiger partial charge in [0.15, 0.2) is 0 Å². The van der Waals surface area contributed by atoms with Gasteiger partial charge in [-0.1, -0.05) is 37.3 Å². The zero-order valence-electron chi connectivity index (χ0n) is 11.9. The van der Waals surface area contributed by atoms with Crippen molar-refractivity contribution in [1.82, 2.24) is 4.90 Å². The third kappa shape index (κ3) is 6.18. The minimum Gasteiger partial charge on any atom is -0.324 e. The fraction of sp³-hybridized carbons (Fsp3) is 0.571. The van der Waals surface area contributed by atoms with Crippen molar-refractivity contribution in [3.8, 4) is 0 Å². The summed E-state index contributed by atoms with van der Waals surface area (Å²) in [6, 6.07) is 9.96. The van der Waals surface area contributed by atoms with Crippen molar-refractivity contribution in [3.63, 3.8) is 0 Å². The number of hydrogen-bond donors (Lipinski definition) is 1. The maximum atomic E-state index is 11.1. The summed E-state index contributed by atoms with van der Waals surface area (Å²) in [6.45, 7) is 3.42. The van der Waals surface area contributed by atoms with Gasteiger partial charge < -0.3 is 10.6 Å². The van der Waals surface area contributed by atoms with E-state index in [0.717, 1.165) is 12.1 Å². The van der Waals surface area contributed by atoms with Gasteiger partial charge >= 0.3 is 0 Å². The molecule has 0 fully saturated rings. The molecule has 108 valence electrons. The molecule has 1 aromatic rings. The van der Waals surface area contributed by atoms with Crippen LogP contribution >= 0.6 is 0 Å². The summed E-state index contributed by atoms with van der Waals surface area (Å²) < 4.78 is 22.3. The topological polar surface area (TPSA) is 63.4 Å². The SMILES string of the molecule is CC(CN(C)CCS(C)(=O)=O)C(N)c1ccccc1. The highest BCUT2D eigenvalue weighted by molar-refractivity contribution is 7.90. The van der Waals surface area contributed by atoms with Crippen LogP contribution in [-0.4, -0.2) is 45.5 Å². The van der Waals surface area contributed by atoms with E-state index < -0.39 is 9.84 Å². The number of benzene rings is 1. The van der Waals surface area contributed by atoms with Crippen molar-refractivity contribution < 1.29 is 8.42 Å². The molecule has 2 atom stereocenters. The summed E-state index contributed by atoms with van der Waals surface area (Å²) in [6.07, 6.45) is 1.26. The lowest BCUT2D eigenvalue weighted by atomic mass is 9.95. The molecule has 0 aromatic heterocycles. The van der Waals surface area contributed by atoms with Gasteiger partial charge in [0.2, 0.25) is 0 Å².